The van der Waals surface area contributed by atoms with Gasteiger partial charge in [0.2, 0.25) is 0 Å². The number of nitrogens with zero attached hydrogens (tertiary/aromatic N) is 1. The molecular formula is C21H18N2O2. The maximum absolute atomic E-state index is 10.6. The summed E-state index contributed by atoms with van der Waals surface area (Å²) in [5.41, 5.74) is 4.61. The molecule has 2 N–H and O–H groups in total. The van der Waals surface area contributed by atoms with Crippen LogP contribution in [0.3, 0.4) is 0 Å². The van der Waals surface area contributed by atoms with E-state index in [0.29, 0.717) is 0 Å². The zero-order valence-electron chi connectivity index (χ0n) is 13.8. The topological polar surface area (TPSA) is 58.1 Å². The minimum Gasteiger partial charge on any atom is -0.497 e. The number of aliphatic hydroxyl groups is 1. The van der Waals surface area contributed by atoms with Crippen molar-refractivity contribution in [1.82, 2.24) is 9.97 Å². The molecule has 25 heavy (non-hydrogen) atoms. The van der Waals surface area contributed by atoms with Gasteiger partial charge in [0.1, 0.15) is 17.7 Å². The van der Waals surface area contributed by atoms with Gasteiger partial charge >= 0.3 is 0 Å². The van der Waals surface area contributed by atoms with Crippen molar-refractivity contribution >= 4 is 11.0 Å². The molecule has 0 bridgehead atoms. The Morgan fingerprint density at radius 1 is 0.880 bits per heavy atom. The highest BCUT2D eigenvalue weighted by atomic mass is 16.5. The Hall–Kier alpha value is -3.11. The second-order valence-electron chi connectivity index (χ2n) is 5.90. The Bertz CT molecular complexity index is 956. The number of para-hydroxylation sites is 2. The van der Waals surface area contributed by atoms with Gasteiger partial charge in [-0.2, -0.15) is 0 Å². The molecule has 0 aliphatic rings. The summed E-state index contributed by atoms with van der Waals surface area (Å²) < 4.78 is 5.15. The molecule has 4 heteroatoms. The third-order valence-corrected chi connectivity index (χ3v) is 4.32. The number of imidazole rings is 1. The molecule has 3 aromatic carbocycles. The van der Waals surface area contributed by atoms with E-state index < -0.39 is 6.10 Å². The zero-order chi connectivity index (χ0) is 17.2. The van der Waals surface area contributed by atoms with E-state index in [2.05, 4.69) is 9.97 Å². The van der Waals surface area contributed by atoms with Crippen molar-refractivity contribution in [1.29, 1.82) is 0 Å². The van der Waals surface area contributed by atoms with Crippen LogP contribution in [-0.4, -0.2) is 22.2 Å². The number of methoxy groups -OCH3 is 1. The summed E-state index contributed by atoms with van der Waals surface area (Å²) in [5.74, 6) is 1.60. The van der Waals surface area contributed by atoms with Gasteiger partial charge in [0.15, 0.2) is 0 Å². The molecule has 4 rings (SSSR count). The van der Waals surface area contributed by atoms with Gasteiger partial charge in [-0.1, -0.05) is 48.5 Å². The highest BCUT2D eigenvalue weighted by molar-refractivity contribution is 5.79. The minimum atomic E-state index is -0.671. The molecule has 0 amide bonds. The lowest BCUT2D eigenvalue weighted by molar-refractivity contribution is 0.220. The molecule has 0 fully saturated rings. The molecule has 0 aliphatic carbocycles. The molecule has 1 unspecified atom stereocenters. The first-order chi connectivity index (χ1) is 12.2. The van der Waals surface area contributed by atoms with Crippen LogP contribution in [0.25, 0.3) is 22.4 Å². The summed E-state index contributed by atoms with van der Waals surface area (Å²) in [7, 11) is 1.63. The normalized spacial score (nSPS) is 12.2. The van der Waals surface area contributed by atoms with Crippen molar-refractivity contribution in [3.8, 4) is 17.1 Å². The Morgan fingerprint density at radius 2 is 1.52 bits per heavy atom. The van der Waals surface area contributed by atoms with Crippen LogP contribution < -0.4 is 4.74 Å². The molecular weight excluding hydrogens is 312 g/mol. The number of benzene rings is 3. The molecule has 0 radical (unpaired) electrons. The van der Waals surface area contributed by atoms with Crippen molar-refractivity contribution in [2.45, 2.75) is 6.10 Å². The number of nitrogens with one attached hydrogen (secondary N) is 1. The number of ether oxygens (including phenoxy) is 1. The average Bonchev–Trinajstić information content (AvgIpc) is 3.12. The number of aromatic nitrogens is 2. The van der Waals surface area contributed by atoms with Crippen LogP contribution in [0.2, 0.25) is 0 Å². The fourth-order valence-corrected chi connectivity index (χ4v) is 2.89. The van der Waals surface area contributed by atoms with E-state index in [1.54, 1.807) is 7.11 Å². The van der Waals surface area contributed by atoms with E-state index in [-0.39, 0.29) is 0 Å². The highest BCUT2D eigenvalue weighted by Gasteiger charge is 2.11. The fraction of sp³-hybridized carbons (Fsp3) is 0.0952. The van der Waals surface area contributed by atoms with Gasteiger partial charge in [0, 0.05) is 5.56 Å². The van der Waals surface area contributed by atoms with Crippen LogP contribution in [-0.2, 0) is 0 Å². The van der Waals surface area contributed by atoms with Gasteiger partial charge in [-0.05, 0) is 35.4 Å². The molecule has 1 heterocycles. The third-order valence-electron chi connectivity index (χ3n) is 4.32. The lowest BCUT2D eigenvalue weighted by Gasteiger charge is -2.12. The monoisotopic (exact) mass is 330 g/mol. The van der Waals surface area contributed by atoms with E-state index >= 15 is 0 Å². The van der Waals surface area contributed by atoms with E-state index in [1.807, 2.05) is 72.8 Å². The summed E-state index contributed by atoms with van der Waals surface area (Å²) in [6, 6.07) is 23.2. The second-order valence-corrected chi connectivity index (χ2v) is 5.90. The molecule has 0 aliphatic heterocycles. The zero-order valence-corrected chi connectivity index (χ0v) is 13.8. The van der Waals surface area contributed by atoms with Crippen LogP contribution in [0.5, 0.6) is 5.75 Å². The Labute approximate surface area is 145 Å². The lowest BCUT2D eigenvalue weighted by atomic mass is 10.0. The second kappa shape index (κ2) is 6.42. The molecule has 0 saturated carbocycles. The number of hydrogen-bond acceptors (Lipinski definition) is 3. The maximum Gasteiger partial charge on any atom is 0.138 e. The van der Waals surface area contributed by atoms with Crippen molar-refractivity contribution in [2.24, 2.45) is 0 Å². The Morgan fingerprint density at radius 3 is 2.16 bits per heavy atom. The van der Waals surface area contributed by atoms with Crippen molar-refractivity contribution in [3.63, 3.8) is 0 Å². The first kappa shape index (κ1) is 15.4. The first-order valence-corrected chi connectivity index (χ1v) is 8.12. The molecule has 1 aromatic heterocycles. The van der Waals surface area contributed by atoms with Gasteiger partial charge in [-0.15, -0.1) is 0 Å². The van der Waals surface area contributed by atoms with Crippen LogP contribution in [0.1, 0.15) is 17.2 Å². The fourth-order valence-electron chi connectivity index (χ4n) is 2.89. The third kappa shape index (κ3) is 2.99. The van der Waals surface area contributed by atoms with Crippen molar-refractivity contribution in [2.75, 3.05) is 7.11 Å². The molecule has 4 nitrogen and oxygen atoms in total. The summed E-state index contributed by atoms with van der Waals surface area (Å²) in [6.45, 7) is 0. The van der Waals surface area contributed by atoms with Crippen LogP contribution >= 0.6 is 0 Å². The number of aromatic amines is 1. The standard InChI is InChI=1S/C21H18N2O2/c1-25-17-12-10-15(11-13-17)20(24)14-6-8-16(9-7-14)21-22-18-4-2-3-5-19(18)23-21/h2-13,20,24H,1H3,(H,22,23). The molecule has 124 valence electrons. The quantitative estimate of drug-likeness (QED) is 0.586. The predicted molar refractivity (Wildman–Crippen MR) is 98.6 cm³/mol. The summed E-state index contributed by atoms with van der Waals surface area (Å²) in [6.07, 6.45) is -0.671. The van der Waals surface area contributed by atoms with E-state index in [9.17, 15) is 5.11 Å². The molecule has 0 saturated heterocycles. The molecule has 1 atom stereocenters. The maximum atomic E-state index is 10.6. The number of aliphatic hydroxyl groups excluding tert-OH is 1. The van der Waals surface area contributed by atoms with E-state index in [4.69, 9.17) is 4.74 Å². The van der Waals surface area contributed by atoms with Crippen LogP contribution in [0.15, 0.2) is 72.8 Å². The van der Waals surface area contributed by atoms with E-state index in [0.717, 1.165) is 39.3 Å². The van der Waals surface area contributed by atoms with Crippen molar-refractivity contribution < 1.29 is 9.84 Å². The van der Waals surface area contributed by atoms with Crippen LogP contribution in [0, 0.1) is 0 Å². The summed E-state index contributed by atoms with van der Waals surface area (Å²) in [5, 5.41) is 10.6. The first-order valence-electron chi connectivity index (χ1n) is 8.12. The van der Waals surface area contributed by atoms with Gasteiger partial charge in [-0.25, -0.2) is 4.98 Å². The van der Waals surface area contributed by atoms with E-state index in [1.165, 1.54) is 0 Å². The van der Waals surface area contributed by atoms with Gasteiger partial charge in [0.25, 0.3) is 0 Å². The largest absolute Gasteiger partial charge is 0.497 e. The minimum absolute atomic E-state index is 0.671. The lowest BCUT2D eigenvalue weighted by Crippen LogP contribution is -1.99. The van der Waals surface area contributed by atoms with Gasteiger partial charge in [-0.3, -0.25) is 0 Å². The summed E-state index contributed by atoms with van der Waals surface area (Å²) >= 11 is 0. The Balaban J connectivity index is 1.60. The number of fused-ring (bicyclic) bond motifs is 1. The highest BCUT2D eigenvalue weighted by Crippen LogP contribution is 2.26. The molecule has 4 aromatic rings. The van der Waals surface area contributed by atoms with Crippen molar-refractivity contribution in [3.05, 3.63) is 83.9 Å². The SMILES string of the molecule is COc1ccc(C(O)c2ccc(-c3nc4ccccc4[nH]3)cc2)cc1. The van der Waals surface area contributed by atoms with Gasteiger partial charge in [0.05, 0.1) is 18.1 Å². The number of rotatable bonds is 4. The Kier molecular flexibility index (Phi) is 3.96. The van der Waals surface area contributed by atoms with Gasteiger partial charge < -0.3 is 14.8 Å². The molecule has 0 spiro atoms. The average molecular weight is 330 g/mol. The predicted octanol–water partition coefficient (Wildman–Crippen LogP) is 4.32. The smallest absolute Gasteiger partial charge is 0.138 e. The number of hydrogen-bond donors (Lipinski definition) is 2. The summed E-state index contributed by atoms with van der Waals surface area (Å²) in [4.78, 5) is 7.92. The number of H-pyrrole nitrogens is 1. The van der Waals surface area contributed by atoms with Crippen LogP contribution in [0.4, 0.5) is 0 Å².